The van der Waals surface area contributed by atoms with Gasteiger partial charge in [0.15, 0.2) is 0 Å². The maximum Gasteiger partial charge on any atom is 0.108 e. The Morgan fingerprint density at radius 1 is 1.73 bits per heavy atom. The van der Waals surface area contributed by atoms with E-state index in [1.54, 1.807) is 6.20 Å². The quantitative estimate of drug-likeness (QED) is 0.644. The Balaban J connectivity index is 2.93. The molecule has 1 aromatic rings. The van der Waals surface area contributed by atoms with Crippen LogP contribution in [0.1, 0.15) is 17.4 Å². The van der Waals surface area contributed by atoms with Crippen molar-refractivity contribution in [3.05, 3.63) is 29.6 Å². The van der Waals surface area contributed by atoms with E-state index in [-0.39, 0.29) is 6.54 Å². The Labute approximate surface area is 65.9 Å². The van der Waals surface area contributed by atoms with Crippen molar-refractivity contribution in [1.82, 2.24) is 4.98 Å². The topological polar surface area (TPSA) is 59.1 Å². The minimum Gasteiger partial charge on any atom is -0.385 e. The number of aliphatic hydroxyl groups is 1. The smallest absolute Gasteiger partial charge is 0.108 e. The molecule has 0 saturated carbocycles. The van der Waals surface area contributed by atoms with E-state index in [2.05, 4.69) is 4.98 Å². The molecule has 0 saturated heterocycles. The predicted octanol–water partition coefficient (Wildman–Crippen LogP) is 0.382. The van der Waals surface area contributed by atoms with E-state index in [1.807, 2.05) is 19.1 Å². The Kier molecular flexibility index (Phi) is 2.57. The van der Waals surface area contributed by atoms with Gasteiger partial charge in [0.2, 0.25) is 0 Å². The summed E-state index contributed by atoms with van der Waals surface area (Å²) in [5.74, 6) is 0. The number of nitrogens with two attached hydrogens (primary N) is 1. The lowest BCUT2D eigenvalue weighted by Gasteiger charge is -2.08. The number of aliphatic hydroxyl groups excluding tert-OH is 1. The zero-order chi connectivity index (χ0) is 8.27. The van der Waals surface area contributed by atoms with Crippen LogP contribution in [-0.4, -0.2) is 16.6 Å². The fourth-order valence-corrected chi connectivity index (χ4v) is 0.958. The summed E-state index contributed by atoms with van der Waals surface area (Å²) >= 11 is 0. The monoisotopic (exact) mass is 152 g/mol. The van der Waals surface area contributed by atoms with Crippen LogP contribution in [0, 0.1) is 6.92 Å². The van der Waals surface area contributed by atoms with E-state index in [1.165, 1.54) is 0 Å². The molecule has 3 nitrogen and oxygen atoms in total. The molecular formula is C8H12N2O. The number of rotatable bonds is 2. The molecule has 11 heavy (non-hydrogen) atoms. The van der Waals surface area contributed by atoms with Crippen LogP contribution in [0.5, 0.6) is 0 Å². The zero-order valence-electron chi connectivity index (χ0n) is 6.49. The lowest BCUT2D eigenvalue weighted by atomic mass is 10.1. The first kappa shape index (κ1) is 8.17. The van der Waals surface area contributed by atoms with Gasteiger partial charge < -0.3 is 10.8 Å². The first-order chi connectivity index (χ1) is 5.25. The van der Waals surface area contributed by atoms with Crippen molar-refractivity contribution in [3.8, 4) is 0 Å². The molecule has 3 heteroatoms. The van der Waals surface area contributed by atoms with Crippen molar-refractivity contribution < 1.29 is 5.11 Å². The Morgan fingerprint density at radius 3 is 3.00 bits per heavy atom. The zero-order valence-corrected chi connectivity index (χ0v) is 6.49. The molecular weight excluding hydrogens is 140 g/mol. The van der Waals surface area contributed by atoms with Crippen LogP contribution in [-0.2, 0) is 0 Å². The summed E-state index contributed by atoms with van der Waals surface area (Å²) in [4.78, 5) is 4.02. The van der Waals surface area contributed by atoms with Gasteiger partial charge in [-0.25, -0.2) is 0 Å². The van der Waals surface area contributed by atoms with E-state index in [4.69, 9.17) is 5.73 Å². The number of aromatic nitrogens is 1. The third-order valence-corrected chi connectivity index (χ3v) is 1.59. The van der Waals surface area contributed by atoms with E-state index in [0.29, 0.717) is 5.69 Å². The van der Waals surface area contributed by atoms with Crippen LogP contribution < -0.4 is 5.73 Å². The van der Waals surface area contributed by atoms with Gasteiger partial charge in [0.25, 0.3) is 0 Å². The Morgan fingerprint density at radius 2 is 2.45 bits per heavy atom. The first-order valence-corrected chi connectivity index (χ1v) is 3.55. The molecule has 0 aliphatic carbocycles. The molecule has 0 spiro atoms. The lowest BCUT2D eigenvalue weighted by Crippen LogP contribution is -2.13. The normalized spacial score (nSPS) is 13.0. The van der Waals surface area contributed by atoms with E-state index < -0.39 is 6.10 Å². The number of nitrogens with zero attached hydrogens (tertiary/aromatic N) is 1. The predicted molar refractivity (Wildman–Crippen MR) is 43.0 cm³/mol. The van der Waals surface area contributed by atoms with Gasteiger partial charge in [-0.15, -0.1) is 0 Å². The standard InChI is InChI=1S/C8H12N2O/c1-6-3-2-4-10-8(6)7(11)5-9/h2-4,7,11H,5,9H2,1H3/t7-/m0/s1. The van der Waals surface area contributed by atoms with Crippen molar-refractivity contribution in [2.75, 3.05) is 6.54 Å². The summed E-state index contributed by atoms with van der Waals surface area (Å²) in [5.41, 5.74) is 6.94. The highest BCUT2D eigenvalue weighted by molar-refractivity contribution is 5.19. The largest absolute Gasteiger partial charge is 0.385 e. The van der Waals surface area contributed by atoms with Crippen LogP contribution in [0.3, 0.4) is 0 Å². The Hall–Kier alpha value is -0.930. The minimum atomic E-state index is -0.629. The minimum absolute atomic E-state index is 0.220. The summed E-state index contributed by atoms with van der Waals surface area (Å²) in [6, 6.07) is 3.74. The molecule has 0 radical (unpaired) electrons. The maximum absolute atomic E-state index is 9.32. The van der Waals surface area contributed by atoms with Crippen molar-refractivity contribution in [3.63, 3.8) is 0 Å². The summed E-state index contributed by atoms with van der Waals surface area (Å²) in [6.07, 6.45) is 1.03. The number of hydrogen-bond donors (Lipinski definition) is 2. The molecule has 60 valence electrons. The van der Waals surface area contributed by atoms with Crippen molar-refractivity contribution in [2.45, 2.75) is 13.0 Å². The first-order valence-electron chi connectivity index (χ1n) is 3.55. The summed E-state index contributed by atoms with van der Waals surface area (Å²) < 4.78 is 0. The molecule has 0 bridgehead atoms. The summed E-state index contributed by atoms with van der Waals surface area (Å²) in [7, 11) is 0. The molecule has 0 aliphatic rings. The van der Waals surface area contributed by atoms with Crippen LogP contribution in [0.15, 0.2) is 18.3 Å². The molecule has 0 fully saturated rings. The number of hydrogen-bond acceptors (Lipinski definition) is 3. The van der Waals surface area contributed by atoms with Crippen LogP contribution in [0.2, 0.25) is 0 Å². The van der Waals surface area contributed by atoms with Gasteiger partial charge in [-0.05, 0) is 18.6 Å². The third kappa shape index (κ3) is 1.76. The second-order valence-corrected chi connectivity index (χ2v) is 2.46. The molecule has 0 amide bonds. The molecule has 1 atom stereocenters. The fraction of sp³-hybridized carbons (Fsp3) is 0.375. The van der Waals surface area contributed by atoms with Gasteiger partial charge in [0.05, 0.1) is 5.69 Å². The van der Waals surface area contributed by atoms with Gasteiger partial charge in [-0.1, -0.05) is 6.07 Å². The summed E-state index contributed by atoms with van der Waals surface area (Å²) in [5, 5.41) is 9.32. The fourth-order valence-electron chi connectivity index (χ4n) is 0.958. The maximum atomic E-state index is 9.32. The summed E-state index contributed by atoms with van der Waals surface area (Å²) in [6.45, 7) is 2.12. The van der Waals surface area contributed by atoms with E-state index in [9.17, 15) is 5.11 Å². The van der Waals surface area contributed by atoms with Gasteiger partial charge in [0, 0.05) is 12.7 Å². The number of pyridine rings is 1. The molecule has 1 rings (SSSR count). The number of aryl methyl sites for hydroxylation is 1. The van der Waals surface area contributed by atoms with Gasteiger partial charge in [-0.2, -0.15) is 0 Å². The highest BCUT2D eigenvalue weighted by atomic mass is 16.3. The molecule has 1 heterocycles. The van der Waals surface area contributed by atoms with Gasteiger partial charge in [-0.3, -0.25) is 4.98 Å². The van der Waals surface area contributed by atoms with E-state index >= 15 is 0 Å². The molecule has 0 aromatic carbocycles. The van der Waals surface area contributed by atoms with Crippen LogP contribution in [0.25, 0.3) is 0 Å². The molecule has 0 unspecified atom stereocenters. The van der Waals surface area contributed by atoms with Crippen molar-refractivity contribution in [1.29, 1.82) is 0 Å². The second kappa shape index (κ2) is 3.46. The van der Waals surface area contributed by atoms with Gasteiger partial charge >= 0.3 is 0 Å². The second-order valence-electron chi connectivity index (χ2n) is 2.46. The van der Waals surface area contributed by atoms with Crippen molar-refractivity contribution >= 4 is 0 Å². The molecule has 1 aromatic heterocycles. The van der Waals surface area contributed by atoms with Crippen LogP contribution >= 0.6 is 0 Å². The molecule has 0 aliphatic heterocycles. The molecule has 3 N–H and O–H groups in total. The SMILES string of the molecule is Cc1cccnc1[C@@H](O)CN. The highest BCUT2D eigenvalue weighted by Gasteiger charge is 2.07. The van der Waals surface area contributed by atoms with Crippen molar-refractivity contribution in [2.24, 2.45) is 5.73 Å². The van der Waals surface area contributed by atoms with Crippen LogP contribution in [0.4, 0.5) is 0 Å². The highest BCUT2D eigenvalue weighted by Crippen LogP contribution is 2.11. The average Bonchev–Trinajstić information content (AvgIpc) is 2.04. The lowest BCUT2D eigenvalue weighted by molar-refractivity contribution is 0.181. The van der Waals surface area contributed by atoms with Gasteiger partial charge in [0.1, 0.15) is 6.10 Å². The Bertz CT molecular complexity index is 237. The van der Waals surface area contributed by atoms with E-state index in [0.717, 1.165) is 5.56 Å². The third-order valence-electron chi connectivity index (χ3n) is 1.59. The average molecular weight is 152 g/mol.